The highest BCUT2D eigenvalue weighted by molar-refractivity contribution is 5.82. The first-order valence-electron chi connectivity index (χ1n) is 12.9. The van der Waals surface area contributed by atoms with E-state index in [2.05, 4.69) is 21.9 Å². The van der Waals surface area contributed by atoms with Crippen molar-refractivity contribution in [3.63, 3.8) is 0 Å². The summed E-state index contributed by atoms with van der Waals surface area (Å²) in [5.41, 5.74) is 3.46. The van der Waals surface area contributed by atoms with Crippen LogP contribution in [0, 0.1) is 5.82 Å². The van der Waals surface area contributed by atoms with Gasteiger partial charge in [-0.1, -0.05) is 54.6 Å². The number of halogens is 1. The smallest absolute Gasteiger partial charge is 0.316 e. The number of rotatable bonds is 9. The molecule has 0 radical (unpaired) electrons. The van der Waals surface area contributed by atoms with Gasteiger partial charge in [0, 0.05) is 31.9 Å². The van der Waals surface area contributed by atoms with Gasteiger partial charge in [0.1, 0.15) is 5.82 Å². The van der Waals surface area contributed by atoms with E-state index in [9.17, 15) is 9.18 Å². The molecule has 1 aliphatic rings. The van der Waals surface area contributed by atoms with Gasteiger partial charge in [-0.15, -0.1) is 0 Å². The van der Waals surface area contributed by atoms with Crippen LogP contribution < -0.4 is 4.90 Å². The monoisotopic (exact) mass is 488 g/mol. The average Bonchev–Trinajstić information content (AvgIpc) is 2.89. The molecule has 1 unspecified atom stereocenters. The standard InChI is InChI=1S/C31H37FN2O2/c1-24(2)36-30(35)31(3,27-12-5-4-6-13-27)16-9-17-33-18-20-34(21-19-33)29-15-8-11-26(23-29)25-10-7-14-28(32)22-25/h4-8,10-15,22-24H,9,16-21H2,1-3H3. The Kier molecular flexibility index (Phi) is 8.42. The molecule has 36 heavy (non-hydrogen) atoms. The van der Waals surface area contributed by atoms with E-state index in [-0.39, 0.29) is 17.9 Å². The fourth-order valence-corrected chi connectivity index (χ4v) is 4.95. The van der Waals surface area contributed by atoms with E-state index in [4.69, 9.17) is 4.74 Å². The van der Waals surface area contributed by atoms with Crippen LogP contribution in [0.1, 0.15) is 39.2 Å². The molecule has 0 spiro atoms. The number of piperazine rings is 1. The van der Waals surface area contributed by atoms with Gasteiger partial charge in [-0.25, -0.2) is 4.39 Å². The molecule has 1 heterocycles. The lowest BCUT2D eigenvalue weighted by molar-refractivity contribution is -0.154. The van der Waals surface area contributed by atoms with E-state index in [1.165, 1.54) is 11.8 Å². The number of carbonyl (C=O) groups is 1. The minimum absolute atomic E-state index is 0.131. The van der Waals surface area contributed by atoms with Crippen LogP contribution in [-0.4, -0.2) is 49.7 Å². The summed E-state index contributed by atoms with van der Waals surface area (Å²) in [4.78, 5) is 17.9. The lowest BCUT2D eigenvalue weighted by atomic mass is 9.78. The lowest BCUT2D eigenvalue weighted by Crippen LogP contribution is -2.47. The average molecular weight is 489 g/mol. The molecule has 0 saturated carbocycles. The molecule has 0 amide bonds. The van der Waals surface area contributed by atoms with E-state index < -0.39 is 5.41 Å². The van der Waals surface area contributed by atoms with E-state index in [1.807, 2.05) is 69.3 Å². The highest BCUT2D eigenvalue weighted by Crippen LogP contribution is 2.32. The first kappa shape index (κ1) is 25.9. The highest BCUT2D eigenvalue weighted by Gasteiger charge is 2.37. The van der Waals surface area contributed by atoms with Gasteiger partial charge in [0.2, 0.25) is 0 Å². The molecule has 1 saturated heterocycles. The van der Waals surface area contributed by atoms with Crippen molar-refractivity contribution in [1.82, 2.24) is 4.90 Å². The van der Waals surface area contributed by atoms with Gasteiger partial charge in [0.15, 0.2) is 0 Å². The van der Waals surface area contributed by atoms with Crippen LogP contribution >= 0.6 is 0 Å². The predicted octanol–water partition coefficient (Wildman–Crippen LogP) is 6.30. The van der Waals surface area contributed by atoms with Crippen molar-refractivity contribution >= 4 is 11.7 Å². The van der Waals surface area contributed by atoms with E-state index in [0.29, 0.717) is 0 Å². The number of nitrogens with zero attached hydrogens (tertiary/aromatic N) is 2. The Balaban J connectivity index is 1.33. The first-order valence-corrected chi connectivity index (χ1v) is 12.9. The largest absolute Gasteiger partial charge is 0.462 e. The lowest BCUT2D eigenvalue weighted by Gasteiger charge is -2.37. The van der Waals surface area contributed by atoms with Gasteiger partial charge in [-0.2, -0.15) is 0 Å². The van der Waals surface area contributed by atoms with Gasteiger partial charge in [0.05, 0.1) is 11.5 Å². The molecule has 4 nitrogen and oxygen atoms in total. The molecular weight excluding hydrogens is 451 g/mol. The normalized spacial score (nSPS) is 16.1. The Morgan fingerprint density at radius 2 is 1.58 bits per heavy atom. The third-order valence-electron chi connectivity index (χ3n) is 7.10. The first-order chi connectivity index (χ1) is 17.3. The van der Waals surface area contributed by atoms with Gasteiger partial charge in [-0.3, -0.25) is 9.69 Å². The molecule has 0 bridgehead atoms. The zero-order valence-corrected chi connectivity index (χ0v) is 21.6. The Morgan fingerprint density at radius 1 is 0.917 bits per heavy atom. The highest BCUT2D eigenvalue weighted by atomic mass is 19.1. The van der Waals surface area contributed by atoms with Gasteiger partial charge in [-0.05, 0) is 81.1 Å². The maximum absolute atomic E-state index is 13.7. The summed E-state index contributed by atoms with van der Waals surface area (Å²) in [7, 11) is 0. The molecule has 190 valence electrons. The molecular formula is C31H37FN2O2. The fourth-order valence-electron chi connectivity index (χ4n) is 4.95. The van der Waals surface area contributed by atoms with Gasteiger partial charge in [0.25, 0.3) is 0 Å². The number of anilines is 1. The molecule has 1 aliphatic heterocycles. The molecule has 5 heteroatoms. The number of carbonyl (C=O) groups excluding carboxylic acids is 1. The van der Waals surface area contributed by atoms with Crippen molar-refractivity contribution in [2.45, 2.75) is 45.1 Å². The van der Waals surface area contributed by atoms with E-state index in [1.54, 1.807) is 12.1 Å². The van der Waals surface area contributed by atoms with Crippen LogP contribution in [0.3, 0.4) is 0 Å². The Morgan fingerprint density at radius 3 is 2.25 bits per heavy atom. The molecule has 0 aromatic heterocycles. The minimum Gasteiger partial charge on any atom is -0.462 e. The summed E-state index contributed by atoms with van der Waals surface area (Å²) < 4.78 is 19.3. The third-order valence-corrected chi connectivity index (χ3v) is 7.10. The van der Waals surface area contributed by atoms with Crippen molar-refractivity contribution < 1.29 is 13.9 Å². The molecule has 0 aliphatic carbocycles. The van der Waals surface area contributed by atoms with Crippen molar-refractivity contribution in [2.75, 3.05) is 37.6 Å². The van der Waals surface area contributed by atoms with Crippen LogP contribution in [0.2, 0.25) is 0 Å². The van der Waals surface area contributed by atoms with Gasteiger partial charge < -0.3 is 9.64 Å². The zero-order valence-electron chi connectivity index (χ0n) is 21.6. The fraction of sp³-hybridized carbons (Fsp3) is 0.387. The minimum atomic E-state index is -0.648. The Bertz CT molecular complexity index is 1140. The maximum Gasteiger partial charge on any atom is 0.316 e. The summed E-state index contributed by atoms with van der Waals surface area (Å²) in [6.45, 7) is 10.6. The molecule has 3 aromatic rings. The van der Waals surface area contributed by atoms with Gasteiger partial charge >= 0.3 is 5.97 Å². The SMILES string of the molecule is CC(C)OC(=O)C(C)(CCCN1CCN(c2cccc(-c3cccc(F)c3)c2)CC1)c1ccccc1. The number of hydrogen-bond donors (Lipinski definition) is 0. The van der Waals surface area contributed by atoms with Crippen LogP contribution in [-0.2, 0) is 14.9 Å². The predicted molar refractivity (Wildman–Crippen MR) is 145 cm³/mol. The van der Waals surface area contributed by atoms with Crippen molar-refractivity contribution in [1.29, 1.82) is 0 Å². The third kappa shape index (κ3) is 6.33. The van der Waals surface area contributed by atoms with Crippen LogP contribution in [0.15, 0.2) is 78.9 Å². The van der Waals surface area contributed by atoms with Crippen molar-refractivity contribution in [3.05, 3.63) is 90.2 Å². The van der Waals surface area contributed by atoms with Crippen LogP contribution in [0.5, 0.6) is 0 Å². The van der Waals surface area contributed by atoms with Crippen molar-refractivity contribution in [3.8, 4) is 11.1 Å². The number of ether oxygens (including phenoxy) is 1. The number of hydrogen-bond acceptors (Lipinski definition) is 4. The second kappa shape index (κ2) is 11.7. The summed E-state index contributed by atoms with van der Waals surface area (Å²) in [6.07, 6.45) is 1.54. The number of esters is 1. The van der Waals surface area contributed by atoms with E-state index >= 15 is 0 Å². The maximum atomic E-state index is 13.7. The molecule has 1 atom stereocenters. The van der Waals surface area contributed by atoms with Crippen LogP contribution in [0.25, 0.3) is 11.1 Å². The van der Waals surface area contributed by atoms with E-state index in [0.717, 1.165) is 62.3 Å². The summed E-state index contributed by atoms with van der Waals surface area (Å²) in [6, 6.07) is 25.1. The molecule has 4 rings (SSSR count). The molecule has 1 fully saturated rings. The van der Waals surface area contributed by atoms with Crippen LogP contribution in [0.4, 0.5) is 10.1 Å². The second-order valence-electron chi connectivity index (χ2n) is 10.1. The summed E-state index contributed by atoms with van der Waals surface area (Å²) in [5, 5.41) is 0. The zero-order chi connectivity index (χ0) is 25.5. The van der Waals surface area contributed by atoms with Crippen molar-refractivity contribution in [2.24, 2.45) is 0 Å². The molecule has 3 aromatic carbocycles. The Hall–Kier alpha value is -3.18. The quantitative estimate of drug-likeness (QED) is 0.331. The molecule has 0 N–H and O–H groups in total. The Labute approximate surface area is 214 Å². The number of benzene rings is 3. The topological polar surface area (TPSA) is 32.8 Å². The summed E-state index contributed by atoms with van der Waals surface area (Å²) >= 11 is 0. The second-order valence-corrected chi connectivity index (χ2v) is 10.1. The summed E-state index contributed by atoms with van der Waals surface area (Å²) in [5.74, 6) is -0.362.